The quantitative estimate of drug-likeness (QED) is 0.371. The van der Waals surface area contributed by atoms with Crippen LogP contribution >= 0.6 is 0 Å². The number of piperazine rings is 1. The van der Waals surface area contributed by atoms with E-state index < -0.39 is 11.9 Å². The molecule has 1 fully saturated rings. The summed E-state index contributed by atoms with van der Waals surface area (Å²) in [5.41, 5.74) is 3.26. The predicted octanol–water partition coefficient (Wildman–Crippen LogP) is 4.29. The molecule has 1 aliphatic rings. The Hall–Kier alpha value is -4.23. The number of carbonyl (C=O) groups is 3. The van der Waals surface area contributed by atoms with E-state index in [1.54, 1.807) is 31.2 Å². The molecule has 3 aromatic carbocycles. The van der Waals surface area contributed by atoms with Crippen LogP contribution in [-0.4, -0.2) is 60.4 Å². The lowest BCUT2D eigenvalue weighted by Crippen LogP contribution is -2.50. The second-order valence-electron chi connectivity index (χ2n) is 8.67. The van der Waals surface area contributed by atoms with Crippen LogP contribution in [0.15, 0.2) is 97.1 Å². The lowest BCUT2D eigenvalue weighted by Gasteiger charge is -2.40. The fraction of sp³-hybridized carbons (Fsp3) is 0.233. The Balaban J connectivity index is 1.44. The van der Waals surface area contributed by atoms with Crippen molar-refractivity contribution in [3.05, 3.63) is 114 Å². The highest BCUT2D eigenvalue weighted by Crippen LogP contribution is 2.30. The van der Waals surface area contributed by atoms with Gasteiger partial charge >= 0.3 is 5.97 Å². The van der Waals surface area contributed by atoms with Crippen molar-refractivity contribution in [3.63, 3.8) is 0 Å². The van der Waals surface area contributed by atoms with Crippen LogP contribution in [0.1, 0.15) is 34.5 Å². The summed E-state index contributed by atoms with van der Waals surface area (Å²) in [6.07, 6.45) is 2.17. The molecule has 0 radical (unpaired) electrons. The maximum Gasteiger partial charge on any atom is 0.330 e. The van der Waals surface area contributed by atoms with Crippen LogP contribution in [0, 0.1) is 0 Å². The highest BCUT2D eigenvalue weighted by Gasteiger charge is 2.29. The van der Waals surface area contributed by atoms with Gasteiger partial charge in [-0.2, -0.15) is 0 Å². The molecule has 7 heteroatoms. The number of carbonyl (C=O) groups excluding carboxylic acids is 3. The summed E-state index contributed by atoms with van der Waals surface area (Å²) >= 11 is 0. The molecule has 0 atom stereocenters. The molecule has 7 nitrogen and oxygen atoms in total. The number of amides is 2. The first kappa shape index (κ1) is 25.9. The van der Waals surface area contributed by atoms with E-state index in [1.807, 2.05) is 17.0 Å². The summed E-state index contributed by atoms with van der Waals surface area (Å²) in [5.74, 6) is -1.24. The van der Waals surface area contributed by atoms with Crippen LogP contribution < -0.4 is 5.32 Å². The van der Waals surface area contributed by atoms with Crippen molar-refractivity contribution >= 4 is 23.5 Å². The second-order valence-corrected chi connectivity index (χ2v) is 8.67. The van der Waals surface area contributed by atoms with E-state index in [9.17, 15) is 14.4 Å². The third-order valence-electron chi connectivity index (χ3n) is 6.27. The van der Waals surface area contributed by atoms with Crippen molar-refractivity contribution < 1.29 is 19.1 Å². The van der Waals surface area contributed by atoms with Crippen LogP contribution in [-0.2, 0) is 14.3 Å². The number of benzene rings is 3. The predicted molar refractivity (Wildman–Crippen MR) is 143 cm³/mol. The number of para-hydroxylation sites is 1. The van der Waals surface area contributed by atoms with E-state index in [1.165, 1.54) is 11.1 Å². The first-order chi connectivity index (χ1) is 18.1. The van der Waals surface area contributed by atoms with Gasteiger partial charge in [-0.3, -0.25) is 14.5 Å². The first-order valence-electron chi connectivity index (χ1n) is 12.4. The minimum atomic E-state index is -0.593. The minimum absolute atomic E-state index is 0.109. The molecule has 0 aromatic heterocycles. The van der Waals surface area contributed by atoms with Crippen molar-refractivity contribution in [2.24, 2.45) is 0 Å². The fourth-order valence-corrected chi connectivity index (χ4v) is 4.53. The maximum atomic E-state index is 13.4. The zero-order valence-electron chi connectivity index (χ0n) is 20.9. The highest BCUT2D eigenvalue weighted by molar-refractivity contribution is 6.07. The normalized spacial score (nSPS) is 14.1. The standard InChI is InChI=1S/C30H31N3O4/c1-2-37-28(35)18-17-27(34)31-26-16-10-9-15-25(26)30(36)33-21-19-32(20-22-33)29(23-11-5-3-6-12-23)24-13-7-4-8-14-24/h3-18,29H,2,19-22H2,1H3,(H,31,34). The van der Waals surface area contributed by atoms with Gasteiger partial charge in [0.15, 0.2) is 0 Å². The summed E-state index contributed by atoms with van der Waals surface area (Å²) in [6, 6.07) is 27.8. The number of esters is 1. The molecule has 0 bridgehead atoms. The number of rotatable bonds is 8. The van der Waals surface area contributed by atoms with Crippen molar-refractivity contribution in [2.45, 2.75) is 13.0 Å². The van der Waals surface area contributed by atoms with Gasteiger partial charge in [-0.1, -0.05) is 72.8 Å². The summed E-state index contributed by atoms with van der Waals surface area (Å²) in [7, 11) is 0. The molecule has 0 spiro atoms. The van der Waals surface area contributed by atoms with Gasteiger partial charge in [0.25, 0.3) is 5.91 Å². The van der Waals surface area contributed by atoms with Gasteiger partial charge in [0.05, 0.1) is 23.9 Å². The average molecular weight is 498 g/mol. The Labute approximate surface area is 217 Å². The Kier molecular flexibility index (Phi) is 8.84. The van der Waals surface area contributed by atoms with Gasteiger partial charge in [-0.05, 0) is 30.2 Å². The topological polar surface area (TPSA) is 78.9 Å². The summed E-state index contributed by atoms with van der Waals surface area (Å²) < 4.78 is 4.80. The monoisotopic (exact) mass is 497 g/mol. The largest absolute Gasteiger partial charge is 0.463 e. The fourth-order valence-electron chi connectivity index (χ4n) is 4.53. The van der Waals surface area contributed by atoms with Crippen LogP contribution in [0.5, 0.6) is 0 Å². The lowest BCUT2D eigenvalue weighted by molar-refractivity contribution is -0.137. The van der Waals surface area contributed by atoms with Crippen LogP contribution in [0.3, 0.4) is 0 Å². The Morgan fingerprint density at radius 1 is 0.811 bits per heavy atom. The molecule has 0 saturated carbocycles. The molecule has 4 rings (SSSR count). The van der Waals surface area contributed by atoms with Crippen LogP contribution in [0.4, 0.5) is 5.69 Å². The molecule has 2 amide bonds. The van der Waals surface area contributed by atoms with Gasteiger partial charge in [0.1, 0.15) is 0 Å². The van der Waals surface area contributed by atoms with E-state index in [0.29, 0.717) is 24.3 Å². The van der Waals surface area contributed by atoms with E-state index in [-0.39, 0.29) is 18.6 Å². The number of nitrogens with zero attached hydrogens (tertiary/aromatic N) is 2. The molecule has 0 unspecified atom stereocenters. The molecule has 0 aliphatic carbocycles. The van der Waals surface area contributed by atoms with E-state index in [4.69, 9.17) is 4.74 Å². The Morgan fingerprint density at radius 3 is 1.97 bits per heavy atom. The van der Waals surface area contributed by atoms with Gasteiger partial charge in [0, 0.05) is 38.3 Å². The summed E-state index contributed by atoms with van der Waals surface area (Å²) in [5, 5.41) is 2.71. The number of ether oxygens (including phenoxy) is 1. The van der Waals surface area contributed by atoms with Crippen LogP contribution in [0.2, 0.25) is 0 Å². The SMILES string of the molecule is CCOC(=O)C=CC(=O)Nc1ccccc1C(=O)N1CCN(C(c2ccccc2)c2ccccc2)CC1. The molecular formula is C30H31N3O4. The minimum Gasteiger partial charge on any atom is -0.463 e. The zero-order chi connectivity index (χ0) is 26.0. The van der Waals surface area contributed by atoms with Crippen molar-refractivity contribution in [1.82, 2.24) is 9.80 Å². The van der Waals surface area contributed by atoms with E-state index in [2.05, 4.69) is 58.7 Å². The van der Waals surface area contributed by atoms with Gasteiger partial charge in [-0.15, -0.1) is 0 Å². The Bertz CT molecular complexity index is 1200. The molecule has 1 N–H and O–H groups in total. The lowest BCUT2D eigenvalue weighted by atomic mass is 9.96. The third-order valence-corrected chi connectivity index (χ3v) is 6.27. The smallest absolute Gasteiger partial charge is 0.330 e. The summed E-state index contributed by atoms with van der Waals surface area (Å²) in [4.78, 5) is 41.5. The average Bonchev–Trinajstić information content (AvgIpc) is 2.94. The summed E-state index contributed by atoms with van der Waals surface area (Å²) in [6.45, 7) is 4.50. The van der Waals surface area contributed by atoms with Crippen LogP contribution in [0.25, 0.3) is 0 Å². The molecule has 3 aromatic rings. The second kappa shape index (κ2) is 12.6. The molecule has 37 heavy (non-hydrogen) atoms. The van der Waals surface area contributed by atoms with Gasteiger partial charge in [0.2, 0.25) is 5.91 Å². The number of nitrogens with one attached hydrogen (secondary N) is 1. The molecule has 190 valence electrons. The molecule has 1 heterocycles. The molecule has 1 saturated heterocycles. The maximum absolute atomic E-state index is 13.4. The highest BCUT2D eigenvalue weighted by atomic mass is 16.5. The molecular weight excluding hydrogens is 466 g/mol. The zero-order valence-corrected chi connectivity index (χ0v) is 20.9. The van der Waals surface area contributed by atoms with Gasteiger partial charge in [-0.25, -0.2) is 4.79 Å². The van der Waals surface area contributed by atoms with Crippen molar-refractivity contribution in [1.29, 1.82) is 0 Å². The first-order valence-corrected chi connectivity index (χ1v) is 12.4. The van der Waals surface area contributed by atoms with Crippen molar-refractivity contribution in [3.8, 4) is 0 Å². The van der Waals surface area contributed by atoms with E-state index in [0.717, 1.165) is 25.2 Å². The number of hydrogen-bond donors (Lipinski definition) is 1. The number of anilines is 1. The van der Waals surface area contributed by atoms with Crippen molar-refractivity contribution in [2.75, 3.05) is 38.1 Å². The Morgan fingerprint density at radius 2 is 1.38 bits per heavy atom. The number of hydrogen-bond acceptors (Lipinski definition) is 5. The third kappa shape index (κ3) is 6.71. The van der Waals surface area contributed by atoms with Gasteiger partial charge < -0.3 is 15.0 Å². The molecule has 1 aliphatic heterocycles. The van der Waals surface area contributed by atoms with E-state index >= 15 is 0 Å².